The van der Waals surface area contributed by atoms with Crippen LogP contribution < -0.4 is 5.73 Å². The quantitative estimate of drug-likeness (QED) is 0.0265. The lowest BCUT2D eigenvalue weighted by Crippen LogP contribution is -2.29. The van der Waals surface area contributed by atoms with Crippen molar-refractivity contribution in [2.45, 2.75) is 238 Å². The molecule has 0 heterocycles. The standard InChI is InChI=1S/C51H94NO8P/c1-3-5-7-9-11-13-15-17-19-21-22-23-24-25-26-28-29-31-33-35-37-39-41-43-50(53)57-47-49(48-59-61(55,56)58-46-45-52)60-51(54)44-42-40-38-36-34-32-30-27-20-18-16-14-12-10-8-6-4-2/h8,10,14,16,20,27,32,34,49H,3-7,9,11-13,15,17-19,21-26,28-31,33,35-48,52H2,1-2H3,(H,55,56)/b10-8+,16-14+,27-20+,34-32+/t49-/m0/s1. The van der Waals surface area contributed by atoms with E-state index < -0.39 is 26.5 Å². The number of carbonyl (C=O) groups excluding carboxylic acids is 2. The molecule has 0 radical (unpaired) electrons. The number of allylic oxidation sites excluding steroid dienone is 8. The van der Waals surface area contributed by atoms with Crippen molar-refractivity contribution >= 4 is 19.8 Å². The summed E-state index contributed by atoms with van der Waals surface area (Å²) in [7, 11) is -4.39. The average Bonchev–Trinajstić information content (AvgIpc) is 3.25. The largest absolute Gasteiger partial charge is 0.472 e. The third-order valence-electron chi connectivity index (χ3n) is 10.7. The smallest absolute Gasteiger partial charge is 0.462 e. The van der Waals surface area contributed by atoms with Gasteiger partial charge < -0.3 is 20.1 Å². The maximum atomic E-state index is 12.6. The van der Waals surface area contributed by atoms with Crippen molar-refractivity contribution in [1.29, 1.82) is 0 Å². The Bertz CT molecular complexity index is 1140. The number of hydrogen-bond donors (Lipinski definition) is 2. The highest BCUT2D eigenvalue weighted by atomic mass is 31.2. The van der Waals surface area contributed by atoms with Gasteiger partial charge in [0.1, 0.15) is 6.61 Å². The van der Waals surface area contributed by atoms with Gasteiger partial charge in [0.15, 0.2) is 6.10 Å². The first-order valence-corrected chi connectivity index (χ1v) is 26.6. The summed E-state index contributed by atoms with van der Waals surface area (Å²) in [5, 5.41) is 0. The summed E-state index contributed by atoms with van der Waals surface area (Å²) in [6.07, 6.45) is 55.8. The third-order valence-corrected chi connectivity index (χ3v) is 11.7. The molecule has 0 saturated heterocycles. The zero-order valence-corrected chi connectivity index (χ0v) is 40.3. The van der Waals surface area contributed by atoms with E-state index in [4.69, 9.17) is 24.3 Å². The number of ether oxygens (including phenoxy) is 2. The fraction of sp³-hybridized carbons (Fsp3) is 0.804. The van der Waals surface area contributed by atoms with Gasteiger partial charge in [-0.25, -0.2) is 4.57 Å². The molecule has 0 aliphatic heterocycles. The van der Waals surface area contributed by atoms with Crippen molar-refractivity contribution < 1.29 is 37.6 Å². The molecule has 0 aromatic heterocycles. The number of carbonyl (C=O) groups is 2. The fourth-order valence-corrected chi connectivity index (χ4v) is 7.75. The van der Waals surface area contributed by atoms with E-state index in [0.717, 1.165) is 64.2 Å². The van der Waals surface area contributed by atoms with E-state index in [1.807, 2.05) is 0 Å². The molecule has 2 atom stereocenters. The Morgan fingerprint density at radius 2 is 0.885 bits per heavy atom. The molecule has 0 rings (SSSR count). The second-order valence-electron chi connectivity index (χ2n) is 16.7. The number of nitrogens with two attached hydrogens (primary N) is 1. The molecule has 0 bridgehead atoms. The Balaban J connectivity index is 4.05. The van der Waals surface area contributed by atoms with Crippen LogP contribution in [0.15, 0.2) is 48.6 Å². The minimum Gasteiger partial charge on any atom is -0.462 e. The van der Waals surface area contributed by atoms with Crippen LogP contribution in [-0.2, 0) is 32.7 Å². The molecule has 0 aliphatic rings. The van der Waals surface area contributed by atoms with Gasteiger partial charge in [-0.3, -0.25) is 18.6 Å². The molecule has 0 fully saturated rings. The number of unbranched alkanes of at least 4 members (excludes halogenated alkanes) is 26. The van der Waals surface area contributed by atoms with Crippen LogP contribution in [0, 0.1) is 0 Å². The van der Waals surface area contributed by atoms with Gasteiger partial charge in [0.05, 0.1) is 13.2 Å². The predicted molar refractivity (Wildman–Crippen MR) is 257 cm³/mol. The van der Waals surface area contributed by atoms with Crippen molar-refractivity contribution in [3.05, 3.63) is 48.6 Å². The number of phosphoric ester groups is 1. The van der Waals surface area contributed by atoms with E-state index >= 15 is 0 Å². The summed E-state index contributed by atoms with van der Waals surface area (Å²) >= 11 is 0. The van der Waals surface area contributed by atoms with Gasteiger partial charge >= 0.3 is 19.8 Å². The topological polar surface area (TPSA) is 134 Å². The van der Waals surface area contributed by atoms with Crippen molar-refractivity contribution in [3.8, 4) is 0 Å². The second-order valence-corrected chi connectivity index (χ2v) is 18.1. The Labute approximate surface area is 375 Å². The lowest BCUT2D eigenvalue weighted by molar-refractivity contribution is -0.161. The van der Waals surface area contributed by atoms with Crippen LogP contribution in [0.2, 0.25) is 0 Å². The third kappa shape index (κ3) is 47.3. The summed E-state index contributed by atoms with van der Waals surface area (Å²) in [6.45, 7) is 3.66. The molecule has 0 saturated carbocycles. The first kappa shape index (κ1) is 59.0. The van der Waals surface area contributed by atoms with Gasteiger partial charge in [0.2, 0.25) is 0 Å². The number of rotatable bonds is 47. The Hall–Kier alpha value is -2.03. The van der Waals surface area contributed by atoms with Crippen molar-refractivity contribution in [3.63, 3.8) is 0 Å². The molecule has 9 nitrogen and oxygen atoms in total. The monoisotopic (exact) mass is 880 g/mol. The second kappa shape index (κ2) is 47.4. The molecule has 0 spiro atoms. The average molecular weight is 880 g/mol. The molecule has 1 unspecified atom stereocenters. The summed E-state index contributed by atoms with van der Waals surface area (Å²) in [6, 6.07) is 0. The van der Waals surface area contributed by atoms with Gasteiger partial charge in [-0.15, -0.1) is 0 Å². The highest BCUT2D eigenvalue weighted by molar-refractivity contribution is 7.47. The Kier molecular flexibility index (Phi) is 45.9. The van der Waals surface area contributed by atoms with Gasteiger partial charge in [-0.05, 0) is 51.4 Å². The normalized spacial score (nSPS) is 13.6. The van der Waals surface area contributed by atoms with Gasteiger partial charge in [0, 0.05) is 19.4 Å². The van der Waals surface area contributed by atoms with Crippen LogP contribution in [0.25, 0.3) is 0 Å². The van der Waals surface area contributed by atoms with Crippen LogP contribution in [0.3, 0.4) is 0 Å². The summed E-state index contributed by atoms with van der Waals surface area (Å²) in [5.74, 6) is -0.857. The molecule has 0 aromatic rings. The van der Waals surface area contributed by atoms with Gasteiger partial charge in [0.25, 0.3) is 0 Å². The van der Waals surface area contributed by atoms with Crippen LogP contribution >= 0.6 is 7.82 Å². The molecule has 0 amide bonds. The van der Waals surface area contributed by atoms with Crippen molar-refractivity contribution in [1.82, 2.24) is 0 Å². The van der Waals surface area contributed by atoms with Crippen LogP contribution in [-0.4, -0.2) is 49.3 Å². The lowest BCUT2D eigenvalue weighted by Gasteiger charge is -2.19. The molecular weight excluding hydrogens is 786 g/mol. The molecule has 61 heavy (non-hydrogen) atoms. The molecule has 0 aromatic carbocycles. The lowest BCUT2D eigenvalue weighted by atomic mass is 10.0. The number of hydrogen-bond acceptors (Lipinski definition) is 8. The zero-order valence-electron chi connectivity index (χ0n) is 39.4. The summed E-state index contributed by atoms with van der Waals surface area (Å²) < 4.78 is 32.9. The number of phosphoric acid groups is 1. The Morgan fingerprint density at radius 3 is 1.33 bits per heavy atom. The van der Waals surface area contributed by atoms with E-state index in [0.29, 0.717) is 6.42 Å². The fourth-order valence-electron chi connectivity index (χ4n) is 6.98. The number of esters is 2. The van der Waals surface area contributed by atoms with Crippen LogP contribution in [0.1, 0.15) is 232 Å². The van der Waals surface area contributed by atoms with E-state index in [-0.39, 0.29) is 38.6 Å². The van der Waals surface area contributed by atoms with Crippen molar-refractivity contribution in [2.75, 3.05) is 26.4 Å². The molecule has 0 aliphatic carbocycles. The first-order chi connectivity index (χ1) is 29.8. The van der Waals surface area contributed by atoms with Gasteiger partial charge in [-0.2, -0.15) is 0 Å². The highest BCUT2D eigenvalue weighted by Gasteiger charge is 2.26. The van der Waals surface area contributed by atoms with E-state index in [1.54, 1.807) is 0 Å². The van der Waals surface area contributed by atoms with E-state index in [2.05, 4.69) is 62.5 Å². The molecule has 10 heteroatoms. The Morgan fingerprint density at radius 1 is 0.492 bits per heavy atom. The molecule has 356 valence electrons. The molecular formula is C51H94NO8P. The maximum absolute atomic E-state index is 12.6. The van der Waals surface area contributed by atoms with E-state index in [9.17, 15) is 19.0 Å². The summed E-state index contributed by atoms with van der Waals surface area (Å²) in [4.78, 5) is 35.0. The SMILES string of the molecule is CCC/C=C/C/C=C/C/C=C/C/C=C/CCCCCC(=O)O[C@@H](COC(=O)CCCCCCCCCCCCCCCCCCCCCCCCC)COP(=O)(O)OCCN. The van der Waals surface area contributed by atoms with Gasteiger partial charge in [-0.1, -0.05) is 217 Å². The molecule has 3 N–H and O–H groups in total. The highest BCUT2D eigenvalue weighted by Crippen LogP contribution is 2.43. The minimum atomic E-state index is -4.39. The zero-order chi connectivity index (χ0) is 44.6. The van der Waals surface area contributed by atoms with Crippen molar-refractivity contribution in [2.24, 2.45) is 5.73 Å². The summed E-state index contributed by atoms with van der Waals surface area (Å²) in [5.41, 5.74) is 5.36. The first-order valence-electron chi connectivity index (χ1n) is 25.1. The van der Waals surface area contributed by atoms with E-state index in [1.165, 1.54) is 135 Å². The predicted octanol–water partition coefficient (Wildman–Crippen LogP) is 15.1. The maximum Gasteiger partial charge on any atom is 0.472 e. The van der Waals surface area contributed by atoms with Crippen LogP contribution in [0.5, 0.6) is 0 Å². The van der Waals surface area contributed by atoms with Crippen LogP contribution in [0.4, 0.5) is 0 Å². The minimum absolute atomic E-state index is 0.0475.